The average Bonchev–Trinajstić information content (AvgIpc) is 2.83. The van der Waals surface area contributed by atoms with Crippen molar-refractivity contribution in [1.82, 2.24) is 14.8 Å². The first-order valence-electron chi connectivity index (χ1n) is 6.00. The Kier molecular flexibility index (Phi) is 3.54. The third-order valence-corrected chi connectivity index (χ3v) is 4.00. The Morgan fingerprint density at radius 2 is 2.00 bits per heavy atom. The van der Waals surface area contributed by atoms with E-state index in [0.717, 1.165) is 29.3 Å². The van der Waals surface area contributed by atoms with Crippen LogP contribution in [-0.4, -0.2) is 9.53 Å². The predicted molar refractivity (Wildman–Crippen MR) is 72.7 cm³/mol. The van der Waals surface area contributed by atoms with E-state index >= 15 is 0 Å². The van der Waals surface area contributed by atoms with Gasteiger partial charge in [0, 0.05) is 23.0 Å². The fourth-order valence-electron chi connectivity index (χ4n) is 2.26. The standard InChI is InChI=1S/C13H19N3OS/c1-8-11(7-18-16-8)6-14-13(4,5)12-9(2)15-17-10(12)3/h7,14H,6H2,1-5H3. The summed E-state index contributed by atoms with van der Waals surface area (Å²) in [6.45, 7) is 11.1. The average molecular weight is 265 g/mol. The highest BCUT2D eigenvalue weighted by Crippen LogP contribution is 2.27. The Bertz CT molecular complexity index is 523. The van der Waals surface area contributed by atoms with Crippen molar-refractivity contribution in [3.63, 3.8) is 0 Å². The van der Waals surface area contributed by atoms with Crippen molar-refractivity contribution in [1.29, 1.82) is 0 Å². The number of aryl methyl sites for hydroxylation is 3. The summed E-state index contributed by atoms with van der Waals surface area (Å²) in [5.74, 6) is 0.880. The first-order valence-corrected chi connectivity index (χ1v) is 6.83. The molecule has 0 bridgehead atoms. The van der Waals surface area contributed by atoms with Gasteiger partial charge < -0.3 is 9.84 Å². The van der Waals surface area contributed by atoms with Gasteiger partial charge in [-0.1, -0.05) is 5.16 Å². The van der Waals surface area contributed by atoms with E-state index in [4.69, 9.17) is 4.52 Å². The molecule has 0 aliphatic heterocycles. The van der Waals surface area contributed by atoms with Crippen molar-refractivity contribution in [2.75, 3.05) is 0 Å². The molecule has 0 atom stereocenters. The van der Waals surface area contributed by atoms with Crippen molar-refractivity contribution in [3.8, 4) is 0 Å². The first kappa shape index (κ1) is 13.2. The Morgan fingerprint density at radius 3 is 2.50 bits per heavy atom. The molecule has 0 fully saturated rings. The number of hydrogen-bond donors (Lipinski definition) is 1. The highest BCUT2D eigenvalue weighted by Gasteiger charge is 2.27. The van der Waals surface area contributed by atoms with E-state index in [9.17, 15) is 0 Å². The van der Waals surface area contributed by atoms with E-state index in [1.54, 1.807) is 0 Å². The first-order chi connectivity index (χ1) is 8.42. The lowest BCUT2D eigenvalue weighted by atomic mass is 9.92. The highest BCUT2D eigenvalue weighted by molar-refractivity contribution is 7.03. The minimum Gasteiger partial charge on any atom is -0.361 e. The van der Waals surface area contributed by atoms with Crippen molar-refractivity contribution in [2.24, 2.45) is 0 Å². The van der Waals surface area contributed by atoms with Gasteiger partial charge in [-0.05, 0) is 51.7 Å². The maximum absolute atomic E-state index is 5.24. The lowest BCUT2D eigenvalue weighted by Crippen LogP contribution is -2.36. The summed E-state index contributed by atoms with van der Waals surface area (Å²) in [4.78, 5) is 0. The Labute approximate surface area is 112 Å². The topological polar surface area (TPSA) is 51.0 Å². The van der Waals surface area contributed by atoms with Gasteiger partial charge in [0.15, 0.2) is 0 Å². The zero-order valence-electron chi connectivity index (χ0n) is 11.5. The second-order valence-corrected chi connectivity index (χ2v) is 5.73. The van der Waals surface area contributed by atoms with Crippen LogP contribution in [0.15, 0.2) is 9.90 Å². The molecule has 0 spiro atoms. The summed E-state index contributed by atoms with van der Waals surface area (Å²) in [6, 6.07) is 0. The quantitative estimate of drug-likeness (QED) is 0.923. The third-order valence-electron chi connectivity index (χ3n) is 3.23. The van der Waals surface area contributed by atoms with Gasteiger partial charge in [0.2, 0.25) is 0 Å². The van der Waals surface area contributed by atoms with E-state index in [1.165, 1.54) is 17.1 Å². The van der Waals surface area contributed by atoms with E-state index in [0.29, 0.717) is 0 Å². The van der Waals surface area contributed by atoms with Gasteiger partial charge in [0.1, 0.15) is 5.76 Å². The summed E-state index contributed by atoms with van der Waals surface area (Å²) in [6.07, 6.45) is 0. The fourth-order valence-corrected chi connectivity index (χ4v) is 2.97. The van der Waals surface area contributed by atoms with Gasteiger partial charge in [0.05, 0.1) is 11.4 Å². The summed E-state index contributed by atoms with van der Waals surface area (Å²) < 4.78 is 9.53. The van der Waals surface area contributed by atoms with Crippen LogP contribution in [0.5, 0.6) is 0 Å². The van der Waals surface area contributed by atoms with Crippen molar-refractivity contribution < 1.29 is 4.52 Å². The predicted octanol–water partition coefficient (Wildman–Crippen LogP) is 3.08. The van der Waals surface area contributed by atoms with Crippen LogP contribution in [0.4, 0.5) is 0 Å². The molecule has 2 aromatic heterocycles. The fraction of sp³-hybridized carbons (Fsp3) is 0.538. The number of nitrogens with one attached hydrogen (secondary N) is 1. The minimum absolute atomic E-state index is 0.164. The SMILES string of the molecule is Cc1nscc1CNC(C)(C)c1c(C)noc1C. The summed E-state index contributed by atoms with van der Waals surface area (Å²) in [5.41, 5.74) is 4.28. The molecule has 2 rings (SSSR count). The Balaban J connectivity index is 2.15. The molecular formula is C13H19N3OS. The summed E-state index contributed by atoms with van der Waals surface area (Å²) in [7, 11) is 0. The van der Waals surface area contributed by atoms with E-state index in [2.05, 4.69) is 34.1 Å². The lowest BCUT2D eigenvalue weighted by Gasteiger charge is -2.26. The molecule has 98 valence electrons. The van der Waals surface area contributed by atoms with Crippen LogP contribution in [0.3, 0.4) is 0 Å². The molecule has 0 aliphatic carbocycles. The second kappa shape index (κ2) is 4.82. The normalized spacial score (nSPS) is 12.1. The number of rotatable bonds is 4. The van der Waals surface area contributed by atoms with Crippen LogP contribution in [-0.2, 0) is 12.1 Å². The van der Waals surface area contributed by atoms with Crippen LogP contribution in [0.1, 0.15) is 42.1 Å². The molecule has 2 aromatic rings. The molecule has 5 heteroatoms. The molecule has 0 saturated heterocycles. The van der Waals surface area contributed by atoms with Crippen LogP contribution in [0.25, 0.3) is 0 Å². The maximum Gasteiger partial charge on any atom is 0.138 e. The lowest BCUT2D eigenvalue weighted by molar-refractivity contribution is 0.371. The van der Waals surface area contributed by atoms with Crippen LogP contribution >= 0.6 is 11.5 Å². The van der Waals surface area contributed by atoms with Crippen molar-refractivity contribution in [3.05, 3.63) is 33.7 Å². The van der Waals surface area contributed by atoms with E-state index < -0.39 is 0 Å². The monoisotopic (exact) mass is 265 g/mol. The zero-order chi connectivity index (χ0) is 13.3. The number of hydrogen-bond acceptors (Lipinski definition) is 5. The number of nitrogens with zero attached hydrogens (tertiary/aromatic N) is 2. The van der Waals surface area contributed by atoms with Crippen LogP contribution in [0, 0.1) is 20.8 Å². The summed E-state index contributed by atoms with van der Waals surface area (Å²) in [5, 5.41) is 9.66. The molecule has 0 radical (unpaired) electrons. The van der Waals surface area contributed by atoms with Gasteiger partial charge in [-0.2, -0.15) is 4.37 Å². The van der Waals surface area contributed by atoms with Gasteiger partial charge in [0.25, 0.3) is 0 Å². The minimum atomic E-state index is -0.164. The smallest absolute Gasteiger partial charge is 0.138 e. The van der Waals surface area contributed by atoms with Gasteiger partial charge in [-0.25, -0.2) is 0 Å². The van der Waals surface area contributed by atoms with Crippen LogP contribution < -0.4 is 5.32 Å². The molecule has 0 unspecified atom stereocenters. The second-order valence-electron chi connectivity index (χ2n) is 5.10. The highest BCUT2D eigenvalue weighted by atomic mass is 32.1. The van der Waals surface area contributed by atoms with Gasteiger partial charge in [-0.3, -0.25) is 0 Å². The van der Waals surface area contributed by atoms with Gasteiger partial charge >= 0.3 is 0 Å². The molecule has 18 heavy (non-hydrogen) atoms. The Hall–Kier alpha value is -1.20. The third kappa shape index (κ3) is 2.47. The maximum atomic E-state index is 5.24. The number of aromatic nitrogens is 2. The van der Waals surface area contributed by atoms with E-state index in [-0.39, 0.29) is 5.54 Å². The molecule has 0 saturated carbocycles. The Morgan fingerprint density at radius 1 is 1.28 bits per heavy atom. The molecule has 1 N–H and O–H groups in total. The van der Waals surface area contributed by atoms with Crippen LogP contribution in [0.2, 0.25) is 0 Å². The van der Waals surface area contributed by atoms with E-state index in [1.807, 2.05) is 20.8 Å². The molecule has 0 amide bonds. The molecule has 0 aromatic carbocycles. The largest absolute Gasteiger partial charge is 0.361 e. The molecule has 4 nitrogen and oxygen atoms in total. The summed E-state index contributed by atoms with van der Waals surface area (Å²) >= 11 is 1.50. The van der Waals surface area contributed by atoms with Crippen molar-refractivity contribution in [2.45, 2.75) is 46.7 Å². The van der Waals surface area contributed by atoms with Gasteiger partial charge in [-0.15, -0.1) is 0 Å². The molecule has 2 heterocycles. The zero-order valence-corrected chi connectivity index (χ0v) is 12.3. The molecule has 0 aliphatic rings. The van der Waals surface area contributed by atoms with Crippen molar-refractivity contribution >= 4 is 11.5 Å². The molecular weight excluding hydrogens is 246 g/mol.